The van der Waals surface area contributed by atoms with Gasteiger partial charge in [-0.25, -0.2) is 0 Å². The molecule has 2 nitrogen and oxygen atoms in total. The zero-order valence-electron chi connectivity index (χ0n) is 9.48. The third kappa shape index (κ3) is 5.14. The zero-order chi connectivity index (χ0) is 11.8. The van der Waals surface area contributed by atoms with Crippen molar-refractivity contribution in [3.8, 4) is 0 Å². The van der Waals surface area contributed by atoms with Crippen molar-refractivity contribution in [3.63, 3.8) is 0 Å². The molecule has 0 heterocycles. The predicted octanol–water partition coefficient (Wildman–Crippen LogP) is 2.83. The summed E-state index contributed by atoms with van der Waals surface area (Å²) in [5.41, 5.74) is 7.87. The Bertz CT molecular complexity index is 374. The molecule has 0 radical (unpaired) electrons. The van der Waals surface area contributed by atoms with Crippen molar-refractivity contribution in [2.75, 3.05) is 5.75 Å². The average Bonchev–Trinajstić information content (AvgIpc) is 2.28. The van der Waals surface area contributed by atoms with Crippen LogP contribution < -0.4 is 5.73 Å². The van der Waals surface area contributed by atoms with Gasteiger partial charge in [-0.1, -0.05) is 48.2 Å². The van der Waals surface area contributed by atoms with Gasteiger partial charge in [0.25, 0.3) is 0 Å². The van der Waals surface area contributed by atoms with E-state index in [1.54, 1.807) is 6.92 Å². The van der Waals surface area contributed by atoms with Crippen LogP contribution in [0.2, 0.25) is 0 Å². The molecule has 0 amide bonds. The molecule has 0 atom stereocenters. The topological polar surface area (TPSA) is 43.1 Å². The number of thioether (sulfide) groups is 1. The third-order valence-electron chi connectivity index (χ3n) is 2.09. The van der Waals surface area contributed by atoms with E-state index < -0.39 is 0 Å². The highest BCUT2D eigenvalue weighted by Crippen LogP contribution is 2.08. The van der Waals surface area contributed by atoms with Crippen LogP contribution in [0, 0.1) is 0 Å². The van der Waals surface area contributed by atoms with Crippen molar-refractivity contribution in [2.24, 2.45) is 5.73 Å². The van der Waals surface area contributed by atoms with Crippen LogP contribution in [-0.2, 0) is 11.3 Å². The molecule has 16 heavy (non-hydrogen) atoms. The highest BCUT2D eigenvalue weighted by Gasteiger charge is 1.92. The van der Waals surface area contributed by atoms with Gasteiger partial charge in [-0.3, -0.25) is 4.79 Å². The Labute approximate surface area is 101 Å². The lowest BCUT2D eigenvalue weighted by molar-refractivity contribution is -0.109. The second kappa shape index (κ2) is 7.25. The van der Waals surface area contributed by atoms with Crippen molar-refractivity contribution in [1.82, 2.24) is 0 Å². The number of carbonyl (C=O) groups is 1. The fourth-order valence-corrected chi connectivity index (χ4v) is 1.86. The molecule has 0 aromatic heterocycles. The fraction of sp³-hybridized carbons (Fsp3) is 0.308. The third-order valence-corrected chi connectivity index (χ3v) is 2.93. The molecular weight excluding hydrogens is 218 g/mol. The van der Waals surface area contributed by atoms with Crippen molar-refractivity contribution < 1.29 is 4.79 Å². The molecule has 1 aromatic rings. The lowest BCUT2D eigenvalue weighted by Crippen LogP contribution is -1.95. The SMILES string of the molecule is CC(=O)SCCC=Cc1cccc(CN)c1. The number of carbonyl (C=O) groups excluding carboxylic acids is 1. The molecule has 0 saturated carbocycles. The van der Waals surface area contributed by atoms with E-state index in [1.165, 1.54) is 11.8 Å². The van der Waals surface area contributed by atoms with Crippen LogP contribution >= 0.6 is 11.8 Å². The molecule has 0 bridgehead atoms. The number of nitrogens with two attached hydrogens (primary N) is 1. The summed E-state index contributed by atoms with van der Waals surface area (Å²) in [7, 11) is 0. The number of allylic oxidation sites excluding steroid dienone is 1. The predicted molar refractivity (Wildman–Crippen MR) is 71.1 cm³/mol. The molecule has 0 fully saturated rings. The Morgan fingerprint density at radius 1 is 1.50 bits per heavy atom. The molecule has 86 valence electrons. The Morgan fingerprint density at radius 3 is 3.00 bits per heavy atom. The van der Waals surface area contributed by atoms with Crippen LogP contribution in [0.1, 0.15) is 24.5 Å². The summed E-state index contributed by atoms with van der Waals surface area (Å²) in [6.45, 7) is 2.17. The van der Waals surface area contributed by atoms with E-state index in [0.29, 0.717) is 6.54 Å². The first kappa shape index (κ1) is 13.0. The molecule has 0 saturated heterocycles. The lowest BCUT2D eigenvalue weighted by Gasteiger charge is -1.98. The normalized spacial score (nSPS) is 10.9. The molecule has 0 aliphatic carbocycles. The van der Waals surface area contributed by atoms with Gasteiger partial charge in [-0.15, -0.1) is 0 Å². The monoisotopic (exact) mass is 235 g/mol. The van der Waals surface area contributed by atoms with Gasteiger partial charge in [0, 0.05) is 19.2 Å². The van der Waals surface area contributed by atoms with Gasteiger partial charge in [-0.2, -0.15) is 0 Å². The molecule has 0 unspecified atom stereocenters. The van der Waals surface area contributed by atoms with Crippen LogP contribution in [0.3, 0.4) is 0 Å². The molecule has 1 rings (SSSR count). The molecule has 0 spiro atoms. The molecule has 2 N–H and O–H groups in total. The van der Waals surface area contributed by atoms with Gasteiger partial charge < -0.3 is 5.73 Å². The quantitative estimate of drug-likeness (QED) is 0.798. The maximum Gasteiger partial charge on any atom is 0.185 e. The summed E-state index contributed by atoms with van der Waals surface area (Å²) in [4.78, 5) is 10.7. The van der Waals surface area contributed by atoms with Crippen molar-refractivity contribution in [2.45, 2.75) is 19.9 Å². The van der Waals surface area contributed by atoms with E-state index in [2.05, 4.69) is 18.2 Å². The van der Waals surface area contributed by atoms with Crippen molar-refractivity contribution >= 4 is 23.0 Å². The van der Waals surface area contributed by atoms with Crippen LogP contribution in [0.15, 0.2) is 30.3 Å². The lowest BCUT2D eigenvalue weighted by atomic mass is 10.1. The van der Waals surface area contributed by atoms with E-state index in [-0.39, 0.29) is 5.12 Å². The Balaban J connectivity index is 2.40. The minimum absolute atomic E-state index is 0.179. The fourth-order valence-electron chi connectivity index (χ4n) is 1.31. The first-order valence-electron chi connectivity index (χ1n) is 5.31. The van der Waals surface area contributed by atoms with Gasteiger partial charge in [0.1, 0.15) is 0 Å². The maximum absolute atomic E-state index is 10.7. The smallest absolute Gasteiger partial charge is 0.185 e. The minimum Gasteiger partial charge on any atom is -0.326 e. The summed E-state index contributed by atoms with van der Waals surface area (Å²) in [6, 6.07) is 8.15. The van der Waals surface area contributed by atoms with Crippen LogP contribution in [0.25, 0.3) is 6.08 Å². The number of hydrogen-bond acceptors (Lipinski definition) is 3. The van der Waals surface area contributed by atoms with Crippen molar-refractivity contribution in [3.05, 3.63) is 41.5 Å². The minimum atomic E-state index is 0.179. The Kier molecular flexibility index (Phi) is 5.90. The van der Waals surface area contributed by atoms with Gasteiger partial charge in [-0.05, 0) is 17.5 Å². The first-order chi connectivity index (χ1) is 7.72. The van der Waals surface area contributed by atoms with E-state index >= 15 is 0 Å². The van der Waals surface area contributed by atoms with Gasteiger partial charge in [0.2, 0.25) is 0 Å². The van der Waals surface area contributed by atoms with Gasteiger partial charge >= 0.3 is 0 Å². The standard InChI is InChI=1S/C13H17NOS/c1-11(15)16-8-3-2-5-12-6-4-7-13(9-12)10-14/h2,4-7,9H,3,8,10,14H2,1H3. The van der Waals surface area contributed by atoms with Gasteiger partial charge in [0.05, 0.1) is 0 Å². The van der Waals surface area contributed by atoms with E-state index in [9.17, 15) is 4.79 Å². The zero-order valence-corrected chi connectivity index (χ0v) is 10.3. The van der Waals surface area contributed by atoms with Crippen LogP contribution in [0.4, 0.5) is 0 Å². The molecule has 0 aliphatic heterocycles. The highest BCUT2D eigenvalue weighted by molar-refractivity contribution is 8.13. The second-order valence-electron chi connectivity index (χ2n) is 3.48. The maximum atomic E-state index is 10.7. The van der Waals surface area contributed by atoms with E-state index in [4.69, 9.17) is 5.73 Å². The summed E-state index contributed by atoms with van der Waals surface area (Å²) >= 11 is 1.36. The van der Waals surface area contributed by atoms with E-state index in [0.717, 1.165) is 23.3 Å². The Morgan fingerprint density at radius 2 is 2.31 bits per heavy atom. The largest absolute Gasteiger partial charge is 0.326 e. The van der Waals surface area contributed by atoms with E-state index in [1.807, 2.05) is 18.2 Å². The molecule has 1 aromatic carbocycles. The summed E-state index contributed by atoms with van der Waals surface area (Å²) in [6.07, 6.45) is 5.07. The molecular formula is C13H17NOS. The van der Waals surface area contributed by atoms with Crippen molar-refractivity contribution in [1.29, 1.82) is 0 Å². The first-order valence-corrected chi connectivity index (χ1v) is 6.30. The number of rotatable bonds is 5. The second-order valence-corrected chi connectivity index (χ2v) is 4.75. The molecule has 3 heteroatoms. The summed E-state index contributed by atoms with van der Waals surface area (Å²) in [5.74, 6) is 0.850. The van der Waals surface area contributed by atoms with Crippen LogP contribution in [0.5, 0.6) is 0 Å². The number of benzene rings is 1. The molecule has 0 aliphatic rings. The highest BCUT2D eigenvalue weighted by atomic mass is 32.2. The Hall–Kier alpha value is -1.06. The summed E-state index contributed by atoms with van der Waals surface area (Å²) < 4.78 is 0. The van der Waals surface area contributed by atoms with Crippen LogP contribution in [-0.4, -0.2) is 10.9 Å². The number of hydrogen-bond donors (Lipinski definition) is 1. The average molecular weight is 235 g/mol. The van der Waals surface area contributed by atoms with Gasteiger partial charge in [0.15, 0.2) is 5.12 Å². The summed E-state index contributed by atoms with van der Waals surface area (Å²) in [5, 5.41) is 0.179.